The van der Waals surface area contributed by atoms with E-state index in [9.17, 15) is 9.59 Å². The van der Waals surface area contributed by atoms with E-state index in [1.54, 1.807) is 18.2 Å². The Balaban J connectivity index is 2.27. The van der Waals surface area contributed by atoms with Crippen LogP contribution in [0.4, 0.5) is 5.69 Å². The van der Waals surface area contributed by atoms with Crippen LogP contribution in [0.5, 0.6) is 11.5 Å². The number of hydrogen-bond donors (Lipinski definition) is 1. The highest BCUT2D eigenvalue weighted by molar-refractivity contribution is 5.99. The van der Waals surface area contributed by atoms with E-state index in [-0.39, 0.29) is 18.9 Å². The van der Waals surface area contributed by atoms with Gasteiger partial charge in [-0.25, -0.2) is 0 Å². The number of ether oxygens (including phenoxy) is 2. The van der Waals surface area contributed by atoms with Gasteiger partial charge in [-0.15, -0.1) is 0 Å². The van der Waals surface area contributed by atoms with Crippen LogP contribution in [0.25, 0.3) is 0 Å². The summed E-state index contributed by atoms with van der Waals surface area (Å²) < 4.78 is 10.3. The number of anilines is 1. The maximum absolute atomic E-state index is 11.8. The average molecular weight is 265 g/mol. The van der Waals surface area contributed by atoms with Crippen LogP contribution in [0, 0.1) is 5.92 Å². The Kier molecular flexibility index (Phi) is 3.59. The molecule has 0 saturated carbocycles. The van der Waals surface area contributed by atoms with Crippen LogP contribution in [0.3, 0.4) is 0 Å². The molecular weight excluding hydrogens is 250 g/mol. The highest BCUT2D eigenvalue weighted by atomic mass is 16.5. The summed E-state index contributed by atoms with van der Waals surface area (Å²) in [5, 5.41) is 8.96. The molecule has 1 saturated heterocycles. The smallest absolute Gasteiger partial charge is 0.308 e. The van der Waals surface area contributed by atoms with Gasteiger partial charge in [0.15, 0.2) is 11.5 Å². The highest BCUT2D eigenvalue weighted by Crippen LogP contribution is 2.34. The second-order valence-electron chi connectivity index (χ2n) is 4.28. The van der Waals surface area contributed by atoms with Crippen molar-refractivity contribution in [2.45, 2.75) is 6.42 Å². The minimum absolute atomic E-state index is 0.0314. The second kappa shape index (κ2) is 5.17. The molecule has 6 heteroatoms. The van der Waals surface area contributed by atoms with E-state index in [2.05, 4.69) is 0 Å². The molecule has 1 aromatic rings. The molecule has 1 N–H and O–H groups in total. The van der Waals surface area contributed by atoms with Crippen LogP contribution < -0.4 is 14.4 Å². The Morgan fingerprint density at radius 1 is 1.32 bits per heavy atom. The fourth-order valence-electron chi connectivity index (χ4n) is 2.12. The summed E-state index contributed by atoms with van der Waals surface area (Å²) in [6, 6.07) is 5.07. The third-order valence-corrected chi connectivity index (χ3v) is 3.15. The molecule has 1 fully saturated rings. The van der Waals surface area contributed by atoms with E-state index in [0.717, 1.165) is 0 Å². The van der Waals surface area contributed by atoms with Gasteiger partial charge >= 0.3 is 5.97 Å². The van der Waals surface area contributed by atoms with Crippen LogP contribution >= 0.6 is 0 Å². The lowest BCUT2D eigenvalue weighted by Gasteiger charge is -2.18. The fraction of sp³-hybridized carbons (Fsp3) is 0.385. The number of hydrogen-bond acceptors (Lipinski definition) is 4. The fourth-order valence-corrected chi connectivity index (χ4v) is 2.12. The molecule has 0 aliphatic carbocycles. The van der Waals surface area contributed by atoms with Gasteiger partial charge in [-0.2, -0.15) is 0 Å². The molecule has 1 aromatic carbocycles. The van der Waals surface area contributed by atoms with Gasteiger partial charge in [0, 0.05) is 24.7 Å². The first-order valence-electron chi connectivity index (χ1n) is 5.82. The van der Waals surface area contributed by atoms with Gasteiger partial charge in [0.2, 0.25) is 5.91 Å². The number of rotatable bonds is 4. The summed E-state index contributed by atoms with van der Waals surface area (Å²) in [6.07, 6.45) is 0.0314. The van der Waals surface area contributed by atoms with Crippen LogP contribution in [0.2, 0.25) is 0 Å². The van der Waals surface area contributed by atoms with E-state index >= 15 is 0 Å². The van der Waals surface area contributed by atoms with Crippen molar-refractivity contribution in [2.24, 2.45) is 5.92 Å². The molecule has 1 aliphatic heterocycles. The van der Waals surface area contributed by atoms with Gasteiger partial charge in [0.1, 0.15) is 0 Å². The number of aliphatic carboxylic acids is 1. The van der Waals surface area contributed by atoms with Gasteiger partial charge in [0.05, 0.1) is 20.1 Å². The van der Waals surface area contributed by atoms with Crippen molar-refractivity contribution in [1.82, 2.24) is 0 Å². The molecule has 19 heavy (non-hydrogen) atoms. The number of benzene rings is 1. The molecule has 1 atom stereocenters. The topological polar surface area (TPSA) is 76.1 Å². The second-order valence-corrected chi connectivity index (χ2v) is 4.28. The zero-order valence-corrected chi connectivity index (χ0v) is 10.8. The largest absolute Gasteiger partial charge is 0.493 e. The lowest BCUT2D eigenvalue weighted by molar-refractivity contribution is -0.141. The summed E-state index contributed by atoms with van der Waals surface area (Å²) >= 11 is 0. The molecule has 1 aliphatic rings. The van der Waals surface area contributed by atoms with E-state index in [1.807, 2.05) is 0 Å². The Labute approximate surface area is 110 Å². The molecule has 0 aromatic heterocycles. The molecule has 6 nitrogen and oxygen atoms in total. The van der Waals surface area contributed by atoms with Gasteiger partial charge in [0.25, 0.3) is 0 Å². The Bertz CT molecular complexity index is 514. The van der Waals surface area contributed by atoms with Crippen molar-refractivity contribution in [1.29, 1.82) is 0 Å². The van der Waals surface area contributed by atoms with Crippen LogP contribution in [-0.2, 0) is 9.59 Å². The number of carbonyl (C=O) groups is 2. The van der Waals surface area contributed by atoms with Crippen molar-refractivity contribution in [2.75, 3.05) is 25.7 Å². The number of nitrogens with zero attached hydrogens (tertiary/aromatic N) is 1. The summed E-state index contributed by atoms with van der Waals surface area (Å²) in [4.78, 5) is 24.2. The van der Waals surface area contributed by atoms with E-state index in [1.165, 1.54) is 19.1 Å². The van der Waals surface area contributed by atoms with Crippen LogP contribution in [0.1, 0.15) is 6.42 Å². The number of carboxylic acids is 1. The molecule has 0 spiro atoms. The van der Waals surface area contributed by atoms with Gasteiger partial charge in [-0.3, -0.25) is 9.59 Å². The predicted octanol–water partition coefficient (Wildman–Crippen LogP) is 1.14. The van der Waals surface area contributed by atoms with Crippen molar-refractivity contribution in [3.63, 3.8) is 0 Å². The molecule has 102 valence electrons. The Hall–Kier alpha value is -2.24. The van der Waals surface area contributed by atoms with Gasteiger partial charge in [-0.1, -0.05) is 0 Å². The van der Waals surface area contributed by atoms with Crippen molar-refractivity contribution in [3.8, 4) is 11.5 Å². The van der Waals surface area contributed by atoms with E-state index < -0.39 is 11.9 Å². The summed E-state index contributed by atoms with van der Waals surface area (Å²) in [5.41, 5.74) is 0.617. The average Bonchev–Trinajstić information content (AvgIpc) is 2.80. The van der Waals surface area contributed by atoms with Crippen LogP contribution in [-0.4, -0.2) is 37.7 Å². The van der Waals surface area contributed by atoms with Crippen molar-refractivity contribution < 1.29 is 24.2 Å². The molecule has 2 rings (SSSR count). The van der Waals surface area contributed by atoms with Crippen molar-refractivity contribution in [3.05, 3.63) is 18.2 Å². The molecule has 0 radical (unpaired) electrons. The Morgan fingerprint density at radius 2 is 2.00 bits per heavy atom. The SMILES string of the molecule is COc1ccc(N2C[C@@H](C(=O)O)CC2=O)cc1OC. The summed E-state index contributed by atoms with van der Waals surface area (Å²) in [6.45, 7) is 0.184. The molecule has 1 heterocycles. The standard InChI is InChI=1S/C13H15NO5/c1-18-10-4-3-9(6-11(10)19-2)14-7-8(13(16)17)5-12(14)15/h3-4,6,8H,5,7H2,1-2H3,(H,16,17)/t8-/m0/s1. The molecule has 0 bridgehead atoms. The number of amides is 1. The number of carbonyl (C=O) groups excluding carboxylic acids is 1. The third-order valence-electron chi connectivity index (χ3n) is 3.15. The normalized spacial score (nSPS) is 18.5. The first kappa shape index (κ1) is 13.2. The quantitative estimate of drug-likeness (QED) is 0.883. The lowest BCUT2D eigenvalue weighted by Crippen LogP contribution is -2.25. The first-order valence-corrected chi connectivity index (χ1v) is 5.82. The Morgan fingerprint density at radius 3 is 2.53 bits per heavy atom. The predicted molar refractivity (Wildman–Crippen MR) is 67.6 cm³/mol. The third kappa shape index (κ3) is 2.47. The van der Waals surface area contributed by atoms with Gasteiger partial charge in [-0.05, 0) is 12.1 Å². The maximum atomic E-state index is 11.8. The lowest BCUT2D eigenvalue weighted by atomic mass is 10.1. The van der Waals surface area contributed by atoms with Crippen LogP contribution in [0.15, 0.2) is 18.2 Å². The minimum Gasteiger partial charge on any atom is -0.493 e. The zero-order valence-electron chi connectivity index (χ0n) is 10.8. The summed E-state index contributed by atoms with van der Waals surface area (Å²) in [7, 11) is 3.03. The highest BCUT2D eigenvalue weighted by Gasteiger charge is 2.35. The molecule has 1 amide bonds. The zero-order chi connectivity index (χ0) is 14.0. The first-order chi connectivity index (χ1) is 9.06. The summed E-state index contributed by atoms with van der Waals surface area (Å²) in [5.74, 6) is -0.726. The van der Waals surface area contributed by atoms with E-state index in [0.29, 0.717) is 17.2 Å². The number of methoxy groups -OCH3 is 2. The van der Waals surface area contributed by atoms with Crippen molar-refractivity contribution >= 4 is 17.6 Å². The minimum atomic E-state index is -0.948. The maximum Gasteiger partial charge on any atom is 0.308 e. The number of carboxylic acid groups (broad SMARTS) is 1. The van der Waals surface area contributed by atoms with E-state index in [4.69, 9.17) is 14.6 Å². The van der Waals surface area contributed by atoms with Gasteiger partial charge < -0.3 is 19.5 Å². The molecular formula is C13H15NO5. The monoisotopic (exact) mass is 265 g/mol. The molecule has 0 unspecified atom stereocenters.